The highest BCUT2D eigenvalue weighted by Gasteiger charge is 2.07. The number of hydrogen-bond donors (Lipinski definition) is 1. The number of aliphatic hydroxyl groups excluding tert-OH is 1. The van der Waals surface area contributed by atoms with Crippen molar-refractivity contribution in [3.63, 3.8) is 0 Å². The van der Waals surface area contributed by atoms with Gasteiger partial charge in [-0.3, -0.25) is 0 Å². The van der Waals surface area contributed by atoms with E-state index in [0.29, 0.717) is 0 Å². The highest BCUT2D eigenvalue weighted by Crippen LogP contribution is 2.31. The van der Waals surface area contributed by atoms with Gasteiger partial charge in [0.15, 0.2) is 0 Å². The molecule has 0 radical (unpaired) electrons. The van der Waals surface area contributed by atoms with Gasteiger partial charge in [-0.2, -0.15) is 0 Å². The van der Waals surface area contributed by atoms with Gasteiger partial charge < -0.3 is 14.6 Å². The smallest absolute Gasteiger partial charge is 0.126 e. The first-order chi connectivity index (χ1) is 8.78. The normalized spacial score (nSPS) is 10.2. The number of hydrogen-bond acceptors (Lipinski definition) is 3. The molecule has 0 aliphatic rings. The van der Waals surface area contributed by atoms with Crippen LogP contribution in [-0.4, -0.2) is 19.3 Å². The topological polar surface area (TPSA) is 38.7 Å². The second-order valence-electron chi connectivity index (χ2n) is 3.92. The van der Waals surface area contributed by atoms with E-state index < -0.39 is 0 Å². The molecule has 0 atom stereocenters. The van der Waals surface area contributed by atoms with E-state index in [1.165, 1.54) is 0 Å². The molecule has 18 heavy (non-hydrogen) atoms. The zero-order chi connectivity index (χ0) is 13.0. The first-order valence-electron chi connectivity index (χ1n) is 5.70. The minimum absolute atomic E-state index is 0.0210. The molecular formula is C15H16O3. The maximum atomic E-state index is 9.19. The van der Waals surface area contributed by atoms with Crippen molar-refractivity contribution in [2.24, 2.45) is 0 Å². The first kappa shape index (κ1) is 12.5. The van der Waals surface area contributed by atoms with Crippen LogP contribution in [0.1, 0.15) is 5.56 Å². The van der Waals surface area contributed by atoms with E-state index in [-0.39, 0.29) is 6.61 Å². The highest BCUT2D eigenvalue weighted by atomic mass is 16.5. The van der Waals surface area contributed by atoms with Gasteiger partial charge in [0.2, 0.25) is 0 Å². The zero-order valence-electron chi connectivity index (χ0n) is 10.5. The Bertz CT molecular complexity index is 518. The second-order valence-corrected chi connectivity index (χ2v) is 3.92. The van der Waals surface area contributed by atoms with Gasteiger partial charge in [0.25, 0.3) is 0 Å². The molecule has 0 fully saturated rings. The van der Waals surface area contributed by atoms with E-state index in [4.69, 9.17) is 9.47 Å². The molecule has 0 saturated heterocycles. The standard InChI is InChI=1S/C15H16O3/c1-17-13-6-4-12(5-7-13)14-9-11(10-16)3-8-15(14)18-2/h3-9,16H,10H2,1-2H3. The molecule has 0 saturated carbocycles. The van der Waals surface area contributed by atoms with Crippen LogP contribution in [-0.2, 0) is 6.61 Å². The van der Waals surface area contributed by atoms with Gasteiger partial charge in [0.05, 0.1) is 20.8 Å². The highest BCUT2D eigenvalue weighted by molar-refractivity contribution is 5.71. The number of ether oxygens (including phenoxy) is 2. The van der Waals surface area contributed by atoms with Gasteiger partial charge >= 0.3 is 0 Å². The van der Waals surface area contributed by atoms with Gasteiger partial charge in [-0.05, 0) is 35.4 Å². The maximum Gasteiger partial charge on any atom is 0.126 e. The van der Waals surface area contributed by atoms with E-state index in [9.17, 15) is 5.11 Å². The largest absolute Gasteiger partial charge is 0.497 e. The molecule has 0 unspecified atom stereocenters. The van der Waals surface area contributed by atoms with E-state index in [1.54, 1.807) is 14.2 Å². The van der Waals surface area contributed by atoms with Crippen molar-refractivity contribution < 1.29 is 14.6 Å². The minimum Gasteiger partial charge on any atom is -0.497 e. The predicted molar refractivity (Wildman–Crippen MR) is 70.9 cm³/mol. The summed E-state index contributed by atoms with van der Waals surface area (Å²) in [5.41, 5.74) is 2.86. The van der Waals surface area contributed by atoms with Crippen LogP contribution in [0.4, 0.5) is 0 Å². The van der Waals surface area contributed by atoms with Crippen molar-refractivity contribution in [1.82, 2.24) is 0 Å². The predicted octanol–water partition coefficient (Wildman–Crippen LogP) is 2.86. The summed E-state index contributed by atoms with van der Waals surface area (Å²) < 4.78 is 10.5. The molecule has 0 aliphatic heterocycles. The van der Waals surface area contributed by atoms with Crippen LogP contribution in [0.15, 0.2) is 42.5 Å². The van der Waals surface area contributed by atoms with Crippen LogP contribution < -0.4 is 9.47 Å². The third-order valence-corrected chi connectivity index (χ3v) is 2.85. The average Bonchev–Trinajstić information content (AvgIpc) is 2.46. The molecule has 1 N–H and O–H groups in total. The van der Waals surface area contributed by atoms with Crippen molar-refractivity contribution in [1.29, 1.82) is 0 Å². The lowest BCUT2D eigenvalue weighted by Crippen LogP contribution is -1.91. The van der Waals surface area contributed by atoms with Gasteiger partial charge in [0, 0.05) is 5.56 Å². The molecule has 0 aliphatic carbocycles. The Balaban J connectivity index is 2.46. The summed E-state index contributed by atoms with van der Waals surface area (Å²) in [6, 6.07) is 13.4. The van der Waals surface area contributed by atoms with Crippen molar-refractivity contribution in [2.45, 2.75) is 6.61 Å². The quantitative estimate of drug-likeness (QED) is 0.898. The van der Waals surface area contributed by atoms with Crippen molar-refractivity contribution in [3.8, 4) is 22.6 Å². The van der Waals surface area contributed by atoms with Crippen LogP contribution in [0.25, 0.3) is 11.1 Å². The Morgan fingerprint density at radius 1 is 0.944 bits per heavy atom. The van der Waals surface area contributed by atoms with Crippen molar-refractivity contribution >= 4 is 0 Å². The fourth-order valence-electron chi connectivity index (χ4n) is 1.85. The van der Waals surface area contributed by atoms with E-state index in [1.807, 2.05) is 42.5 Å². The van der Waals surface area contributed by atoms with E-state index >= 15 is 0 Å². The van der Waals surface area contributed by atoms with Crippen molar-refractivity contribution in [2.75, 3.05) is 14.2 Å². The third kappa shape index (κ3) is 2.46. The molecule has 3 nitrogen and oxygen atoms in total. The third-order valence-electron chi connectivity index (χ3n) is 2.85. The summed E-state index contributed by atoms with van der Waals surface area (Å²) in [6.07, 6.45) is 0. The van der Waals surface area contributed by atoms with E-state index in [0.717, 1.165) is 28.2 Å². The second kappa shape index (κ2) is 5.56. The molecule has 3 heteroatoms. The Hall–Kier alpha value is -2.00. The Labute approximate surface area is 107 Å². The molecular weight excluding hydrogens is 228 g/mol. The fraction of sp³-hybridized carbons (Fsp3) is 0.200. The SMILES string of the molecule is COc1ccc(-c2cc(CO)ccc2OC)cc1. The summed E-state index contributed by atoms with van der Waals surface area (Å²) in [5.74, 6) is 1.60. The molecule has 94 valence electrons. The Kier molecular flexibility index (Phi) is 3.85. The molecule has 0 spiro atoms. The number of benzene rings is 2. The van der Waals surface area contributed by atoms with Crippen LogP contribution in [0.3, 0.4) is 0 Å². The van der Waals surface area contributed by atoms with Gasteiger partial charge in [-0.25, -0.2) is 0 Å². The first-order valence-corrected chi connectivity index (χ1v) is 5.70. The fourth-order valence-corrected chi connectivity index (χ4v) is 1.85. The molecule has 2 aromatic rings. The number of rotatable bonds is 4. The van der Waals surface area contributed by atoms with Crippen LogP contribution in [0.2, 0.25) is 0 Å². The Morgan fingerprint density at radius 2 is 1.67 bits per heavy atom. The lowest BCUT2D eigenvalue weighted by atomic mass is 10.0. The molecule has 0 bridgehead atoms. The van der Waals surface area contributed by atoms with Gasteiger partial charge in [-0.15, -0.1) is 0 Å². The summed E-state index contributed by atoms with van der Waals surface area (Å²) in [4.78, 5) is 0. The average molecular weight is 244 g/mol. The lowest BCUT2D eigenvalue weighted by Gasteiger charge is -2.10. The van der Waals surface area contributed by atoms with E-state index in [2.05, 4.69) is 0 Å². The van der Waals surface area contributed by atoms with Crippen LogP contribution in [0.5, 0.6) is 11.5 Å². The summed E-state index contributed by atoms with van der Waals surface area (Å²) >= 11 is 0. The minimum atomic E-state index is 0.0210. The Morgan fingerprint density at radius 3 is 2.22 bits per heavy atom. The van der Waals surface area contributed by atoms with Gasteiger partial charge in [0.1, 0.15) is 11.5 Å². The number of aliphatic hydroxyl groups is 1. The maximum absolute atomic E-state index is 9.19. The van der Waals surface area contributed by atoms with Gasteiger partial charge in [-0.1, -0.05) is 18.2 Å². The molecule has 2 rings (SSSR count). The monoisotopic (exact) mass is 244 g/mol. The number of methoxy groups -OCH3 is 2. The molecule has 0 aromatic heterocycles. The molecule has 0 heterocycles. The molecule has 0 amide bonds. The van der Waals surface area contributed by atoms with Crippen LogP contribution in [0, 0.1) is 0 Å². The molecule has 2 aromatic carbocycles. The summed E-state index contributed by atoms with van der Waals surface area (Å²) in [6.45, 7) is 0.0210. The zero-order valence-corrected chi connectivity index (χ0v) is 10.5. The van der Waals surface area contributed by atoms with Crippen LogP contribution >= 0.6 is 0 Å². The van der Waals surface area contributed by atoms with Crippen molar-refractivity contribution in [3.05, 3.63) is 48.0 Å². The summed E-state index contributed by atoms with van der Waals surface area (Å²) in [7, 11) is 3.28. The lowest BCUT2D eigenvalue weighted by molar-refractivity contribution is 0.281. The summed E-state index contributed by atoms with van der Waals surface area (Å²) in [5, 5.41) is 9.19.